The Morgan fingerprint density at radius 3 is 2.00 bits per heavy atom. The number of halogens is 4. The van der Waals surface area contributed by atoms with Crippen molar-refractivity contribution in [2.75, 3.05) is 0 Å². The van der Waals surface area contributed by atoms with Gasteiger partial charge in [0.25, 0.3) is 0 Å². The van der Waals surface area contributed by atoms with Crippen molar-refractivity contribution in [2.45, 2.75) is 9.12 Å². The first-order valence-corrected chi connectivity index (χ1v) is 7.81. The number of rotatable bonds is 0. The molecule has 0 aliphatic heterocycles. The maximum absolute atomic E-state index is 5.65. The zero-order valence-electron chi connectivity index (χ0n) is 10.7. The molecule has 0 amide bonds. The van der Waals surface area contributed by atoms with Gasteiger partial charge in [-0.15, -0.1) is 12.6 Å². The fraction of sp³-hybridized carbons (Fsp3) is 0.0667. The SMILES string of the molecule is Sc1c(Cl)cccc1Cl.[Cl-].[Cl-].[Ti+2][CH]1C=Cc2ccccc21. The molecule has 0 heterocycles. The van der Waals surface area contributed by atoms with E-state index >= 15 is 0 Å². The van der Waals surface area contributed by atoms with E-state index < -0.39 is 0 Å². The average Bonchev–Trinajstić information content (AvgIpc) is 2.79. The third-order valence-electron chi connectivity index (χ3n) is 2.74. The zero-order valence-corrected chi connectivity index (χ0v) is 16.2. The van der Waals surface area contributed by atoms with Gasteiger partial charge >= 0.3 is 72.2 Å². The van der Waals surface area contributed by atoms with Gasteiger partial charge in [0.1, 0.15) is 0 Å². The van der Waals surface area contributed by atoms with E-state index in [9.17, 15) is 0 Å². The molecule has 0 saturated heterocycles. The molecule has 0 bridgehead atoms. The molecule has 6 heteroatoms. The molecule has 0 radical (unpaired) electrons. The summed E-state index contributed by atoms with van der Waals surface area (Å²) in [4.78, 5) is 0.640. The molecule has 0 aromatic heterocycles. The van der Waals surface area contributed by atoms with Crippen LogP contribution in [0.25, 0.3) is 6.08 Å². The Bertz CT molecular complexity index is 596. The van der Waals surface area contributed by atoms with Crippen molar-refractivity contribution in [3.05, 3.63) is 69.7 Å². The molecule has 1 atom stereocenters. The van der Waals surface area contributed by atoms with Crippen molar-refractivity contribution in [3.8, 4) is 0 Å². The number of fused-ring (bicyclic) bond motifs is 1. The van der Waals surface area contributed by atoms with Gasteiger partial charge in [-0.1, -0.05) is 29.3 Å². The van der Waals surface area contributed by atoms with E-state index in [2.05, 4.69) is 69.5 Å². The number of benzene rings is 2. The van der Waals surface area contributed by atoms with Gasteiger partial charge in [0.2, 0.25) is 0 Å². The fourth-order valence-corrected chi connectivity index (χ4v) is 2.85. The van der Waals surface area contributed by atoms with Crippen molar-refractivity contribution in [3.63, 3.8) is 0 Å². The quantitative estimate of drug-likeness (QED) is 0.441. The molecule has 21 heavy (non-hydrogen) atoms. The van der Waals surface area contributed by atoms with Crippen molar-refractivity contribution in [2.24, 2.45) is 0 Å². The molecule has 1 aliphatic rings. The van der Waals surface area contributed by atoms with Crippen LogP contribution in [0.2, 0.25) is 10.0 Å². The summed E-state index contributed by atoms with van der Waals surface area (Å²) in [5.74, 6) is 0. The molecule has 0 saturated carbocycles. The van der Waals surface area contributed by atoms with Crippen LogP contribution in [0.3, 0.4) is 0 Å². The second kappa shape index (κ2) is 10.2. The molecular formula is C15H11Cl4STi. The second-order valence-electron chi connectivity index (χ2n) is 4.04. The molecule has 2 aromatic carbocycles. The first-order valence-electron chi connectivity index (χ1n) is 5.71. The summed E-state index contributed by atoms with van der Waals surface area (Å²) in [5, 5.41) is 1.18. The van der Waals surface area contributed by atoms with Crippen LogP contribution in [0.5, 0.6) is 0 Å². The van der Waals surface area contributed by atoms with Gasteiger partial charge in [-0.05, 0) is 12.1 Å². The van der Waals surface area contributed by atoms with Gasteiger partial charge in [0.05, 0.1) is 10.0 Å². The van der Waals surface area contributed by atoms with Gasteiger partial charge in [0, 0.05) is 4.90 Å². The van der Waals surface area contributed by atoms with E-state index in [0.29, 0.717) is 19.2 Å². The molecule has 0 N–H and O–H groups in total. The molecule has 1 aliphatic carbocycles. The van der Waals surface area contributed by atoms with Crippen LogP contribution in [0, 0.1) is 0 Å². The molecule has 109 valence electrons. The Balaban J connectivity index is 0.000000350. The number of hydrogen-bond acceptors (Lipinski definition) is 1. The summed E-state index contributed by atoms with van der Waals surface area (Å²) in [5.41, 5.74) is 2.84. The van der Waals surface area contributed by atoms with E-state index in [-0.39, 0.29) is 24.8 Å². The minimum atomic E-state index is 0. The summed E-state index contributed by atoms with van der Waals surface area (Å²) in [6, 6.07) is 13.8. The van der Waals surface area contributed by atoms with Gasteiger partial charge < -0.3 is 24.8 Å². The van der Waals surface area contributed by atoms with Crippen molar-refractivity contribution < 1.29 is 45.2 Å². The maximum atomic E-state index is 5.65. The fourth-order valence-electron chi connectivity index (χ4n) is 1.74. The molecule has 0 fully saturated rings. The average molecular weight is 413 g/mol. The Morgan fingerprint density at radius 2 is 1.48 bits per heavy atom. The summed E-state index contributed by atoms with van der Waals surface area (Å²) >= 11 is 17.6. The summed E-state index contributed by atoms with van der Waals surface area (Å²) in [6.45, 7) is 0. The normalized spacial score (nSPS) is 14.2. The topological polar surface area (TPSA) is 0 Å². The van der Waals surface area contributed by atoms with E-state index in [1.807, 2.05) is 0 Å². The van der Waals surface area contributed by atoms with Crippen LogP contribution >= 0.6 is 35.8 Å². The molecule has 0 spiro atoms. The van der Waals surface area contributed by atoms with Crippen LogP contribution in [-0.4, -0.2) is 0 Å². The van der Waals surface area contributed by atoms with Crippen LogP contribution in [0.15, 0.2) is 53.4 Å². The van der Waals surface area contributed by atoms with Gasteiger partial charge in [-0.3, -0.25) is 0 Å². The molecular weight excluding hydrogens is 402 g/mol. The van der Waals surface area contributed by atoms with Gasteiger partial charge in [-0.25, -0.2) is 0 Å². The molecule has 0 nitrogen and oxygen atoms in total. The second-order valence-corrected chi connectivity index (χ2v) is 6.27. The molecule has 3 rings (SSSR count). The zero-order chi connectivity index (χ0) is 13.8. The summed E-state index contributed by atoms with van der Waals surface area (Å²) in [7, 11) is 0. The van der Waals surface area contributed by atoms with Crippen LogP contribution in [0.4, 0.5) is 0 Å². The first-order chi connectivity index (χ1) is 9.09. The van der Waals surface area contributed by atoms with Crippen LogP contribution < -0.4 is 24.8 Å². The summed E-state index contributed by atoms with van der Waals surface area (Å²) in [6.07, 6.45) is 4.44. The van der Waals surface area contributed by atoms with Crippen LogP contribution in [-0.2, 0) is 20.4 Å². The Morgan fingerprint density at radius 1 is 0.905 bits per heavy atom. The Labute approximate surface area is 164 Å². The Kier molecular flexibility index (Phi) is 10.4. The van der Waals surface area contributed by atoms with Gasteiger partial charge in [0.15, 0.2) is 0 Å². The van der Waals surface area contributed by atoms with Crippen LogP contribution in [0.1, 0.15) is 15.3 Å². The minimum absolute atomic E-state index is 0. The monoisotopic (exact) mass is 411 g/mol. The third kappa shape index (κ3) is 5.84. The Hall–Kier alpha value is 0.404. The van der Waals surface area contributed by atoms with Crippen molar-refractivity contribution >= 4 is 41.9 Å². The third-order valence-corrected chi connectivity index (χ3v) is 4.90. The van der Waals surface area contributed by atoms with Gasteiger partial charge in [-0.2, -0.15) is 0 Å². The van der Waals surface area contributed by atoms with E-state index in [0.717, 1.165) is 0 Å². The summed E-state index contributed by atoms with van der Waals surface area (Å²) < 4.78 is 0.621. The van der Waals surface area contributed by atoms with Crippen molar-refractivity contribution in [1.29, 1.82) is 0 Å². The predicted octanol–water partition coefficient (Wildman–Crippen LogP) is -0.409. The van der Waals surface area contributed by atoms with E-state index in [4.69, 9.17) is 23.2 Å². The molecule has 2 aromatic rings. The number of allylic oxidation sites excluding steroid dienone is 1. The molecule has 1 unspecified atom stereocenters. The standard InChI is InChI=1S/C9H7.C6H4Cl2S.2ClH.Ti/c1-2-5-9-7-3-6-8(9)4-1;7-4-2-1-3-5(8)6(4)9;;;/h1-7H;1-3,9H;2*1H;/q;;;;+2/p-2. The van der Waals surface area contributed by atoms with Crippen molar-refractivity contribution in [1.82, 2.24) is 0 Å². The van der Waals surface area contributed by atoms with E-state index in [1.54, 1.807) is 18.2 Å². The van der Waals surface area contributed by atoms with E-state index in [1.165, 1.54) is 11.1 Å². The number of hydrogen-bond donors (Lipinski definition) is 1. The predicted molar refractivity (Wildman–Crippen MR) is 81.9 cm³/mol. The number of thiol groups is 1. The first kappa shape index (κ1) is 21.4.